The first-order chi connectivity index (χ1) is 39.7. The number of unbranched alkanes of at least 4 members (excludes halogenated alkanes) is 2. The summed E-state index contributed by atoms with van der Waals surface area (Å²) >= 11 is 0. The third-order valence-corrected chi connectivity index (χ3v) is 19.8. The molecular weight excluding hydrogens is 1270 g/mol. The number of fused-ring (bicyclic) bond motifs is 6. The van der Waals surface area contributed by atoms with Gasteiger partial charge in [-0.3, -0.25) is 32.1 Å². The highest BCUT2D eigenvalue weighted by molar-refractivity contribution is 7.87. The van der Waals surface area contributed by atoms with Crippen LogP contribution in [0.15, 0.2) is 121 Å². The summed E-state index contributed by atoms with van der Waals surface area (Å²) in [4.78, 5) is 8.74. The Kier molecular flexibility index (Phi) is 19.3. The van der Waals surface area contributed by atoms with Crippen molar-refractivity contribution in [3.8, 4) is 5.75 Å². The van der Waals surface area contributed by atoms with E-state index in [0.717, 1.165) is 12.1 Å². The van der Waals surface area contributed by atoms with Gasteiger partial charge in [-0.15, -0.1) is 0 Å². The molecule has 6 N–H and O–H groups in total. The predicted molar refractivity (Wildman–Crippen MR) is 303 cm³/mol. The third-order valence-electron chi connectivity index (χ3n) is 14.7. The second-order valence-electron chi connectivity index (χ2n) is 20.3. The highest BCUT2D eigenvalue weighted by Gasteiger charge is 2.49. The number of rotatable bonds is 24. The molecule has 0 bridgehead atoms. The van der Waals surface area contributed by atoms with E-state index in [1.165, 1.54) is 31.4 Å². The van der Waals surface area contributed by atoms with Crippen LogP contribution < -0.4 is 9.64 Å². The minimum absolute atomic E-state index is 0.0148. The molecule has 33 heteroatoms. The molecule has 2 heterocycles. The van der Waals surface area contributed by atoms with Crippen molar-refractivity contribution >= 4 is 105 Å². The molecule has 2 aliphatic heterocycles. The normalized spacial score (nSPS) is 18.5. The zero-order valence-corrected chi connectivity index (χ0v) is 50.5. The summed E-state index contributed by atoms with van der Waals surface area (Å²) in [5, 5.41) is -0.289. The van der Waals surface area contributed by atoms with E-state index in [9.17, 15) is 95.6 Å². The number of ether oxygens (including phenoxy) is 2. The van der Waals surface area contributed by atoms with Gasteiger partial charge in [0.25, 0.3) is 50.6 Å². The van der Waals surface area contributed by atoms with Crippen LogP contribution in [0.4, 0.5) is 28.9 Å². The van der Waals surface area contributed by atoms with Gasteiger partial charge in [0.1, 0.15) is 16.3 Å². The van der Waals surface area contributed by atoms with Gasteiger partial charge in [0.15, 0.2) is 22.2 Å². The van der Waals surface area contributed by atoms with Crippen molar-refractivity contribution in [2.45, 2.75) is 101 Å². The lowest BCUT2D eigenvalue weighted by atomic mass is 9.74. The molecule has 2 atom stereocenters. The first kappa shape index (κ1) is 67.2. The Balaban J connectivity index is 1.26. The van der Waals surface area contributed by atoms with E-state index in [-0.39, 0.29) is 79.8 Å². The van der Waals surface area contributed by atoms with Gasteiger partial charge < -0.3 is 14.4 Å². The van der Waals surface area contributed by atoms with Crippen LogP contribution in [0.25, 0.3) is 21.5 Å². The number of hydrogen-bond donors (Lipinski definition) is 6. The third kappa shape index (κ3) is 13.7. The number of esters is 1. The predicted octanol–water partition coefficient (Wildman–Crippen LogP) is 8.36. The topological polar surface area (TPSA) is 368 Å². The molecule has 7 rings (SSSR count). The molecule has 0 saturated heterocycles. The number of carbonyl (C=O) groups excluding carboxylic acids is 1. The Morgan fingerprint density at radius 2 is 1.14 bits per heavy atom. The second-order valence-corrected chi connectivity index (χ2v) is 28.8. The smallest absolute Gasteiger partial charge is 0.311 e. The van der Waals surface area contributed by atoms with Crippen molar-refractivity contribution in [1.82, 2.24) is 0 Å². The van der Waals surface area contributed by atoms with E-state index in [1.807, 2.05) is 0 Å². The molecule has 5 aromatic carbocycles. The Labute approximate surface area is 492 Å². The quantitative estimate of drug-likeness (QED) is 0.00493. The molecule has 466 valence electrons. The monoisotopic (exact) mass is 1320 g/mol. The molecule has 86 heavy (non-hydrogen) atoms. The van der Waals surface area contributed by atoms with E-state index >= 15 is 0 Å². The summed E-state index contributed by atoms with van der Waals surface area (Å²) in [5.74, 6) is -13.9. The van der Waals surface area contributed by atoms with Gasteiger partial charge in [0, 0.05) is 72.0 Å². The summed E-state index contributed by atoms with van der Waals surface area (Å²) in [6, 6.07) is 8.94. The summed E-state index contributed by atoms with van der Waals surface area (Å²) in [5.41, 5.74) is -0.101. The average Bonchev–Trinajstić information content (AvgIpc) is 1.53. The summed E-state index contributed by atoms with van der Waals surface area (Å²) in [6.07, 6.45) is 10.8. The maximum atomic E-state index is 14.6. The lowest BCUT2D eigenvalue weighted by Crippen LogP contribution is -2.32. The molecule has 0 amide bonds. The van der Waals surface area contributed by atoms with E-state index in [2.05, 4.69) is 4.74 Å². The van der Waals surface area contributed by atoms with Gasteiger partial charge in [0.05, 0.1) is 21.0 Å². The Hall–Kier alpha value is -6.34. The van der Waals surface area contributed by atoms with Crippen molar-refractivity contribution in [1.29, 1.82) is 0 Å². The fourth-order valence-corrected chi connectivity index (χ4v) is 14.8. The Bertz CT molecular complexity index is 4500. The molecule has 2 aliphatic rings. The number of halogens is 4. The van der Waals surface area contributed by atoms with Crippen molar-refractivity contribution in [3.63, 3.8) is 0 Å². The fourth-order valence-electron chi connectivity index (χ4n) is 11.0. The second kappa shape index (κ2) is 24.7. The van der Waals surface area contributed by atoms with Crippen LogP contribution in [-0.4, -0.2) is 127 Å². The fraction of sp³-hybridized carbons (Fsp3) is 0.321. The van der Waals surface area contributed by atoms with Crippen LogP contribution >= 0.6 is 0 Å². The first-order valence-electron chi connectivity index (χ1n) is 25.5. The highest BCUT2D eigenvalue weighted by Crippen LogP contribution is 2.54. The summed E-state index contributed by atoms with van der Waals surface area (Å²) in [7, 11) is -29.4. The number of nitrogens with zero attached hydrogens (tertiary/aromatic N) is 2. The molecule has 0 radical (unpaired) electrons. The number of carbonyl (C=O) groups is 1. The molecule has 0 aliphatic carbocycles. The SMILES string of the molecule is CC[N+]1=C(/C=C/C=C/C=C/C=C2/N(CCCCCC(=O)Oc3c(F)c(F)c(S(=O)(=O)O)c(F)c3F)c3ccc4c(S(=O)(=O)O)cc(S(=O)(=O)O)cc4c3C2(C)CCOC)C(C)(CCCS(=O)(=O)O)c2c1ccc1c(S(=O)(=O)O)cc(S(=O)(=O)O)cc21. The van der Waals surface area contributed by atoms with Crippen LogP contribution in [0.1, 0.15) is 76.8 Å². The van der Waals surface area contributed by atoms with Crippen molar-refractivity contribution in [2.24, 2.45) is 0 Å². The van der Waals surface area contributed by atoms with Gasteiger partial charge in [-0.05, 0) is 112 Å². The number of methoxy groups -OCH3 is 1. The highest BCUT2D eigenvalue weighted by atomic mass is 32.2. The molecule has 23 nitrogen and oxygen atoms in total. The lowest BCUT2D eigenvalue weighted by molar-refractivity contribution is -0.433. The zero-order valence-electron chi connectivity index (χ0n) is 45.6. The number of hydrogen-bond acceptors (Lipinski definition) is 16. The number of allylic oxidation sites excluding steroid dienone is 8. The maximum absolute atomic E-state index is 14.6. The largest absolute Gasteiger partial charge is 0.420 e. The van der Waals surface area contributed by atoms with Gasteiger partial charge in [-0.1, -0.05) is 42.9 Å². The average molecular weight is 1320 g/mol. The molecular formula is C53H55F4N2O21S6+. The minimum Gasteiger partial charge on any atom is -0.420 e. The maximum Gasteiger partial charge on any atom is 0.311 e. The van der Waals surface area contributed by atoms with Crippen molar-refractivity contribution in [3.05, 3.63) is 131 Å². The molecule has 5 aromatic rings. The Morgan fingerprint density at radius 1 is 0.605 bits per heavy atom. The van der Waals surface area contributed by atoms with Crippen LogP contribution in [0.3, 0.4) is 0 Å². The minimum atomic E-state index is -5.80. The van der Waals surface area contributed by atoms with Gasteiger partial charge >= 0.3 is 16.1 Å². The summed E-state index contributed by atoms with van der Waals surface area (Å²) in [6.45, 7) is 5.53. The molecule has 0 fully saturated rings. The van der Waals surface area contributed by atoms with E-state index in [1.54, 1.807) is 72.8 Å². The van der Waals surface area contributed by atoms with Crippen LogP contribution in [0.2, 0.25) is 0 Å². The lowest BCUT2D eigenvalue weighted by Gasteiger charge is -2.30. The van der Waals surface area contributed by atoms with Crippen LogP contribution in [-0.2, 0) is 81.1 Å². The zero-order chi connectivity index (χ0) is 64.1. The molecule has 2 unspecified atom stereocenters. The van der Waals surface area contributed by atoms with Gasteiger partial charge in [-0.2, -0.15) is 63.9 Å². The van der Waals surface area contributed by atoms with Crippen molar-refractivity contribution < 1.29 is 114 Å². The molecule has 0 saturated carbocycles. The number of anilines is 1. The van der Waals surface area contributed by atoms with E-state index in [4.69, 9.17) is 9.29 Å². The first-order valence-corrected chi connectivity index (χ1v) is 34.3. The number of benzene rings is 5. The standard InChI is InChI=1S/C53H54F4N2O21S6/c1-5-58-37-20-18-33-35(27-31(82(64,65)66)29-39(33)84(70,71)72)44(37)52(2,22-14-26-81(61,62)63)41(58)15-10-7-6-8-11-16-42-53(3,23-25-79-4)45-36-28-32(83(67,68)69)30-40(85(73,74)75)34(36)19-21-38(45)59(42)24-13-9-12-17-43(60)80-50-46(54)48(56)51(86(76,77)78)49(57)47(50)55/h6-8,10-11,15-16,18-21,27-30H,5,9,12-14,17,22-26H2,1-4H3,(H5-,61,62,63,64,65,66,67,68,69,70,71,72,73,74,75,76,77,78)/p+1. The van der Waals surface area contributed by atoms with E-state index < -0.39 is 143 Å². The summed E-state index contributed by atoms with van der Waals surface area (Å²) < 4.78 is 277. The van der Waals surface area contributed by atoms with Gasteiger partial charge in [0.2, 0.25) is 23.1 Å². The van der Waals surface area contributed by atoms with E-state index in [0.29, 0.717) is 46.0 Å². The van der Waals surface area contributed by atoms with Crippen LogP contribution in [0, 0.1) is 23.3 Å². The molecule has 0 aromatic heterocycles. The van der Waals surface area contributed by atoms with Gasteiger partial charge in [-0.25, -0.2) is 8.78 Å². The Morgan fingerprint density at radius 3 is 1.65 bits per heavy atom. The van der Waals surface area contributed by atoms with Crippen LogP contribution in [0.5, 0.6) is 5.75 Å². The van der Waals surface area contributed by atoms with Crippen molar-refractivity contribution in [2.75, 3.05) is 37.5 Å². The molecule has 0 spiro atoms.